The maximum Gasteiger partial charge on any atom is 0.340 e. The van der Waals surface area contributed by atoms with Crippen molar-refractivity contribution in [2.45, 2.75) is 30.7 Å². The summed E-state index contributed by atoms with van der Waals surface area (Å²) < 4.78 is 15.6. The molecule has 1 saturated heterocycles. The average Bonchev–Trinajstić information content (AvgIpc) is 2.99. The molecule has 2 heterocycles. The van der Waals surface area contributed by atoms with Crippen molar-refractivity contribution < 1.29 is 84.8 Å². The highest BCUT2D eigenvalue weighted by Crippen LogP contribution is 2.53. The minimum Gasteiger partial charge on any atom is -0.504 e. The van der Waals surface area contributed by atoms with Gasteiger partial charge in [-0.1, -0.05) is 0 Å². The Morgan fingerprint density at radius 2 is 1.14 bits per heavy atom. The van der Waals surface area contributed by atoms with E-state index in [1.807, 2.05) is 0 Å². The predicted molar refractivity (Wildman–Crippen MR) is 133 cm³/mol. The van der Waals surface area contributed by atoms with Gasteiger partial charge in [0.2, 0.25) is 17.8 Å². The van der Waals surface area contributed by atoms with Crippen molar-refractivity contribution in [2.75, 3.05) is 0 Å². The number of Topliss-reactive ketones (excluding diaryl/α,β-unsaturated/α-hetero) is 1. The third kappa shape index (κ3) is 4.43. The Balaban J connectivity index is 1.64. The highest BCUT2D eigenvalue weighted by atomic mass is 16.7. The van der Waals surface area contributed by atoms with Gasteiger partial charge in [-0.2, -0.15) is 0 Å². The summed E-state index contributed by atoms with van der Waals surface area (Å²) in [6, 6.07) is 2.46. The van der Waals surface area contributed by atoms with Crippen LogP contribution in [-0.4, -0.2) is 105 Å². The molecule has 2 aliphatic heterocycles. The van der Waals surface area contributed by atoms with Gasteiger partial charge in [0.25, 0.3) is 0 Å². The lowest BCUT2D eigenvalue weighted by molar-refractivity contribution is -0.268. The van der Waals surface area contributed by atoms with E-state index in [1.165, 1.54) is 0 Å². The van der Waals surface area contributed by atoms with Gasteiger partial charge in [0, 0.05) is 16.7 Å². The van der Waals surface area contributed by atoms with Crippen LogP contribution in [0.5, 0.6) is 51.7 Å². The van der Waals surface area contributed by atoms with Gasteiger partial charge in [0.05, 0.1) is 11.1 Å². The minimum absolute atomic E-state index is 0.560. The number of aliphatic hydroxyl groups is 2. The minimum atomic E-state index is -2.27. The standard InChI is InChI=1S/C26H20O17/c27-8-1-5(2-9(28)15(8)32)24(39)43-26-21(38)20(37)23-22(42-26)14(31)6-3-10(29)16(33)18(35)12(6)13-7(25(40)41-23)4-11(30)17(34)19(13)36/h1-4,20-23,26-30,32-38H/t20-,21-,22-,23+,26?/m1/s1. The summed E-state index contributed by atoms with van der Waals surface area (Å²) in [6.45, 7) is 0. The Hall–Kier alpha value is -5.65. The van der Waals surface area contributed by atoms with Crippen molar-refractivity contribution in [1.82, 2.24) is 0 Å². The second kappa shape index (κ2) is 10.0. The molecule has 226 valence electrons. The van der Waals surface area contributed by atoms with Crippen molar-refractivity contribution in [3.8, 4) is 62.9 Å². The number of aliphatic hydroxyl groups excluding tert-OH is 2. The lowest BCUT2D eigenvalue weighted by Crippen LogP contribution is -2.61. The topological polar surface area (TPSA) is 301 Å². The average molecular weight is 604 g/mol. The number of benzene rings is 3. The van der Waals surface area contributed by atoms with Crippen LogP contribution in [0, 0.1) is 0 Å². The first kappa shape index (κ1) is 28.9. The number of carbonyl (C=O) groups is 3. The number of fused-ring (bicyclic) bond motifs is 4. The number of hydrogen-bond donors (Lipinski definition) is 11. The van der Waals surface area contributed by atoms with Crippen molar-refractivity contribution in [1.29, 1.82) is 0 Å². The number of esters is 2. The fourth-order valence-corrected chi connectivity index (χ4v) is 4.66. The molecule has 0 spiro atoms. The molecule has 11 N–H and O–H groups in total. The normalized spacial score (nSPS) is 23.1. The third-order valence-corrected chi connectivity index (χ3v) is 6.82. The largest absolute Gasteiger partial charge is 0.504 e. The number of rotatable bonds is 2. The predicted octanol–water partition coefficient (Wildman–Crippen LogP) is -0.271. The number of aromatic hydroxyl groups is 9. The second-order valence-corrected chi connectivity index (χ2v) is 9.44. The summed E-state index contributed by atoms with van der Waals surface area (Å²) in [5.41, 5.74) is -3.96. The molecule has 0 aliphatic carbocycles. The molecule has 17 heteroatoms. The molecule has 5 rings (SSSR count). The molecule has 0 aromatic heterocycles. The molecule has 0 saturated carbocycles. The lowest BCUT2D eigenvalue weighted by Gasteiger charge is -2.40. The number of carbonyl (C=O) groups excluding carboxylic acids is 3. The van der Waals surface area contributed by atoms with Gasteiger partial charge >= 0.3 is 11.9 Å². The van der Waals surface area contributed by atoms with E-state index in [9.17, 15) is 70.6 Å². The summed E-state index contributed by atoms with van der Waals surface area (Å²) in [5, 5.41) is 112. The molecule has 3 aromatic rings. The first-order valence-corrected chi connectivity index (χ1v) is 11.9. The van der Waals surface area contributed by atoms with Gasteiger partial charge in [0.1, 0.15) is 12.2 Å². The third-order valence-electron chi connectivity index (χ3n) is 6.82. The zero-order valence-electron chi connectivity index (χ0n) is 21.1. The highest BCUT2D eigenvalue weighted by molar-refractivity contribution is 6.12. The van der Waals surface area contributed by atoms with Crippen molar-refractivity contribution in [3.63, 3.8) is 0 Å². The van der Waals surface area contributed by atoms with Gasteiger partial charge in [-0.25, -0.2) is 9.59 Å². The van der Waals surface area contributed by atoms with E-state index in [4.69, 9.17) is 14.2 Å². The summed E-state index contributed by atoms with van der Waals surface area (Å²) >= 11 is 0. The maximum atomic E-state index is 13.8. The molecule has 1 fully saturated rings. The van der Waals surface area contributed by atoms with E-state index < -0.39 is 128 Å². The van der Waals surface area contributed by atoms with Crippen LogP contribution >= 0.6 is 0 Å². The van der Waals surface area contributed by atoms with Crippen molar-refractivity contribution in [3.05, 3.63) is 41.0 Å². The fraction of sp³-hybridized carbons (Fsp3) is 0.192. The van der Waals surface area contributed by atoms with Crippen LogP contribution in [0.25, 0.3) is 11.1 Å². The molecular weight excluding hydrogens is 584 g/mol. The van der Waals surface area contributed by atoms with Gasteiger partial charge < -0.3 is 70.4 Å². The Morgan fingerprint density at radius 1 is 0.651 bits per heavy atom. The van der Waals surface area contributed by atoms with E-state index >= 15 is 0 Å². The van der Waals surface area contributed by atoms with E-state index in [1.54, 1.807) is 0 Å². The van der Waals surface area contributed by atoms with E-state index in [0.29, 0.717) is 24.3 Å². The summed E-state index contributed by atoms with van der Waals surface area (Å²) in [6.07, 6.45) is -11.1. The fourth-order valence-electron chi connectivity index (χ4n) is 4.66. The monoisotopic (exact) mass is 604 g/mol. The molecule has 2 aliphatic rings. The van der Waals surface area contributed by atoms with E-state index in [2.05, 4.69) is 0 Å². The number of phenols is 9. The molecular formula is C26H20O17. The van der Waals surface area contributed by atoms with Crippen LogP contribution in [0.2, 0.25) is 0 Å². The molecule has 43 heavy (non-hydrogen) atoms. The van der Waals surface area contributed by atoms with Crippen LogP contribution in [0.3, 0.4) is 0 Å². The molecule has 0 bridgehead atoms. The molecule has 0 radical (unpaired) electrons. The maximum absolute atomic E-state index is 13.8. The number of ketones is 1. The molecule has 17 nitrogen and oxygen atoms in total. The van der Waals surface area contributed by atoms with Gasteiger partial charge in [-0.15, -0.1) is 0 Å². The molecule has 1 unspecified atom stereocenters. The van der Waals surface area contributed by atoms with E-state index in [-0.39, 0.29) is 0 Å². The molecule has 3 aromatic carbocycles. The molecule has 0 amide bonds. The Morgan fingerprint density at radius 3 is 1.70 bits per heavy atom. The van der Waals surface area contributed by atoms with Crippen LogP contribution in [0.4, 0.5) is 0 Å². The molecule has 5 atom stereocenters. The van der Waals surface area contributed by atoms with Crippen LogP contribution in [0.15, 0.2) is 24.3 Å². The Kier molecular flexibility index (Phi) is 6.72. The zero-order chi connectivity index (χ0) is 31.7. The van der Waals surface area contributed by atoms with Crippen molar-refractivity contribution >= 4 is 17.7 Å². The van der Waals surface area contributed by atoms with Gasteiger partial charge in [0.15, 0.2) is 58.2 Å². The Labute approximate surface area is 237 Å². The summed E-state index contributed by atoms with van der Waals surface area (Å²) in [5.74, 6) is -14.3. The summed E-state index contributed by atoms with van der Waals surface area (Å²) in [4.78, 5) is 39.7. The Bertz CT molecular complexity index is 1690. The number of phenolic OH excluding ortho intramolecular Hbond substituents is 9. The van der Waals surface area contributed by atoms with Crippen LogP contribution in [-0.2, 0) is 14.2 Å². The SMILES string of the molecule is O=C(OC1O[C@@H]2C(=O)c3cc(O)c(O)c(O)c3-c3c(cc(O)c(O)c3O)C(=O)O[C@H]2[C@H](O)[C@H]1O)c1cc(O)c(O)c(O)c1. The van der Waals surface area contributed by atoms with Crippen LogP contribution < -0.4 is 0 Å². The second-order valence-electron chi connectivity index (χ2n) is 9.44. The first-order valence-electron chi connectivity index (χ1n) is 11.9. The van der Waals surface area contributed by atoms with E-state index in [0.717, 1.165) is 0 Å². The highest BCUT2D eigenvalue weighted by Gasteiger charge is 2.53. The van der Waals surface area contributed by atoms with Gasteiger partial charge in [-0.05, 0) is 24.3 Å². The number of hydrogen-bond acceptors (Lipinski definition) is 17. The van der Waals surface area contributed by atoms with Crippen LogP contribution in [0.1, 0.15) is 31.1 Å². The number of ether oxygens (including phenoxy) is 3. The quantitative estimate of drug-likeness (QED) is 0.132. The lowest BCUT2D eigenvalue weighted by atomic mass is 9.87. The van der Waals surface area contributed by atoms with Gasteiger partial charge in [-0.3, -0.25) is 4.79 Å². The smallest absolute Gasteiger partial charge is 0.340 e. The summed E-state index contributed by atoms with van der Waals surface area (Å²) in [7, 11) is 0. The van der Waals surface area contributed by atoms with Crippen molar-refractivity contribution in [2.24, 2.45) is 0 Å². The first-order chi connectivity index (χ1) is 20.1. The zero-order valence-corrected chi connectivity index (χ0v) is 21.1.